The van der Waals surface area contributed by atoms with E-state index in [0.717, 1.165) is 48.1 Å². The van der Waals surface area contributed by atoms with Crippen LogP contribution in [0, 0.1) is 0 Å². The van der Waals surface area contributed by atoms with Crippen LogP contribution in [0.2, 0.25) is 5.02 Å². The molecule has 0 N–H and O–H groups in total. The molecule has 1 aliphatic heterocycles. The molecule has 0 spiro atoms. The standard InChI is InChI=1S/C21H24ClN3O/c1-15-11-24(12-16(2)26-15)14-21-23-19-10-18(22)8-9-20(19)25(21)13-17-6-4-3-5-7-17/h3-10,15-16H,11-14H2,1-2H3/t15-,16-/m0/s1. The average Bonchev–Trinajstić information content (AvgIpc) is 2.91. The first-order valence-electron chi connectivity index (χ1n) is 9.15. The van der Waals surface area contributed by atoms with Crippen LogP contribution in [0.1, 0.15) is 25.2 Å². The summed E-state index contributed by atoms with van der Waals surface area (Å²) >= 11 is 6.19. The lowest BCUT2D eigenvalue weighted by atomic mass is 10.2. The van der Waals surface area contributed by atoms with Gasteiger partial charge in [-0.2, -0.15) is 0 Å². The van der Waals surface area contributed by atoms with Gasteiger partial charge in [0.1, 0.15) is 5.82 Å². The van der Waals surface area contributed by atoms with Crippen LogP contribution in [0.15, 0.2) is 48.5 Å². The second-order valence-electron chi connectivity index (χ2n) is 7.18. The predicted molar refractivity (Wildman–Crippen MR) is 106 cm³/mol. The molecule has 136 valence electrons. The number of hydrogen-bond donors (Lipinski definition) is 0. The minimum Gasteiger partial charge on any atom is -0.373 e. The number of morpholine rings is 1. The Labute approximate surface area is 159 Å². The van der Waals surface area contributed by atoms with Crippen molar-refractivity contribution in [3.05, 3.63) is 64.9 Å². The van der Waals surface area contributed by atoms with Crippen LogP contribution in [0.3, 0.4) is 0 Å². The van der Waals surface area contributed by atoms with Gasteiger partial charge in [-0.15, -0.1) is 0 Å². The largest absolute Gasteiger partial charge is 0.373 e. The zero-order chi connectivity index (χ0) is 18.1. The summed E-state index contributed by atoms with van der Waals surface area (Å²) in [6.45, 7) is 7.75. The lowest BCUT2D eigenvalue weighted by Gasteiger charge is -2.35. The minimum atomic E-state index is 0.250. The predicted octanol–water partition coefficient (Wildman–Crippen LogP) is 4.35. The number of nitrogens with zero attached hydrogens (tertiary/aromatic N) is 3. The highest BCUT2D eigenvalue weighted by molar-refractivity contribution is 6.31. The first kappa shape index (κ1) is 17.5. The molecule has 1 saturated heterocycles. The third kappa shape index (κ3) is 3.78. The van der Waals surface area contributed by atoms with E-state index in [1.54, 1.807) is 0 Å². The van der Waals surface area contributed by atoms with Crippen LogP contribution in [0.25, 0.3) is 11.0 Å². The van der Waals surface area contributed by atoms with Gasteiger partial charge in [0.05, 0.1) is 29.8 Å². The van der Waals surface area contributed by atoms with E-state index < -0.39 is 0 Å². The highest BCUT2D eigenvalue weighted by Gasteiger charge is 2.24. The molecule has 4 nitrogen and oxygen atoms in total. The van der Waals surface area contributed by atoms with Crippen LogP contribution in [-0.2, 0) is 17.8 Å². The Balaban J connectivity index is 1.69. The molecule has 2 atom stereocenters. The summed E-state index contributed by atoms with van der Waals surface area (Å²) in [5.41, 5.74) is 3.35. The normalized spacial score (nSPS) is 21.3. The highest BCUT2D eigenvalue weighted by atomic mass is 35.5. The van der Waals surface area contributed by atoms with Crippen LogP contribution in [0.5, 0.6) is 0 Å². The van der Waals surface area contributed by atoms with Crippen LogP contribution < -0.4 is 0 Å². The van der Waals surface area contributed by atoms with E-state index in [9.17, 15) is 0 Å². The highest BCUT2D eigenvalue weighted by Crippen LogP contribution is 2.23. The van der Waals surface area contributed by atoms with E-state index in [1.165, 1.54) is 5.56 Å². The van der Waals surface area contributed by atoms with E-state index >= 15 is 0 Å². The molecule has 26 heavy (non-hydrogen) atoms. The number of halogens is 1. The van der Waals surface area contributed by atoms with Crippen molar-refractivity contribution in [3.8, 4) is 0 Å². The third-order valence-electron chi connectivity index (χ3n) is 4.83. The van der Waals surface area contributed by atoms with Gasteiger partial charge in [0.15, 0.2) is 0 Å². The zero-order valence-electron chi connectivity index (χ0n) is 15.2. The number of benzene rings is 2. The van der Waals surface area contributed by atoms with Crippen molar-refractivity contribution in [3.63, 3.8) is 0 Å². The molecule has 3 aromatic rings. The second-order valence-corrected chi connectivity index (χ2v) is 7.62. The monoisotopic (exact) mass is 369 g/mol. The van der Waals surface area contributed by atoms with Crippen molar-refractivity contribution in [2.75, 3.05) is 13.1 Å². The first-order chi connectivity index (χ1) is 12.6. The van der Waals surface area contributed by atoms with Crippen LogP contribution >= 0.6 is 11.6 Å². The van der Waals surface area contributed by atoms with Gasteiger partial charge in [0, 0.05) is 24.7 Å². The molecule has 4 rings (SSSR count). The molecular weight excluding hydrogens is 346 g/mol. The molecule has 0 bridgehead atoms. The lowest BCUT2D eigenvalue weighted by Crippen LogP contribution is -2.45. The molecule has 0 aliphatic carbocycles. The Morgan fingerprint density at radius 2 is 1.77 bits per heavy atom. The van der Waals surface area contributed by atoms with E-state index in [2.05, 4.69) is 53.6 Å². The Morgan fingerprint density at radius 1 is 1.04 bits per heavy atom. The van der Waals surface area contributed by atoms with Crippen molar-refractivity contribution >= 4 is 22.6 Å². The van der Waals surface area contributed by atoms with Gasteiger partial charge >= 0.3 is 0 Å². The number of aromatic nitrogens is 2. The molecule has 2 heterocycles. The molecule has 0 saturated carbocycles. The maximum Gasteiger partial charge on any atom is 0.124 e. The van der Waals surface area contributed by atoms with Gasteiger partial charge in [-0.1, -0.05) is 41.9 Å². The summed E-state index contributed by atoms with van der Waals surface area (Å²) in [5.74, 6) is 1.08. The van der Waals surface area contributed by atoms with Crippen molar-refractivity contribution in [2.24, 2.45) is 0 Å². The maximum absolute atomic E-state index is 6.19. The van der Waals surface area contributed by atoms with Gasteiger partial charge < -0.3 is 9.30 Å². The maximum atomic E-state index is 6.19. The number of rotatable bonds is 4. The smallest absolute Gasteiger partial charge is 0.124 e. The van der Waals surface area contributed by atoms with Crippen molar-refractivity contribution < 1.29 is 4.74 Å². The van der Waals surface area contributed by atoms with Crippen molar-refractivity contribution in [2.45, 2.75) is 39.1 Å². The Kier molecular flexibility index (Phi) is 4.98. The second kappa shape index (κ2) is 7.39. The SMILES string of the molecule is C[C@H]1CN(Cc2nc3cc(Cl)ccc3n2Cc2ccccc2)C[C@H](C)O1. The molecule has 0 amide bonds. The number of imidazole rings is 1. The molecule has 0 radical (unpaired) electrons. The summed E-state index contributed by atoms with van der Waals surface area (Å²) in [4.78, 5) is 7.34. The third-order valence-corrected chi connectivity index (χ3v) is 5.07. The molecule has 1 aliphatic rings. The Bertz CT molecular complexity index is 883. The minimum absolute atomic E-state index is 0.250. The quantitative estimate of drug-likeness (QED) is 0.685. The molecular formula is C21H24ClN3O. The van der Waals surface area contributed by atoms with Crippen molar-refractivity contribution in [1.29, 1.82) is 0 Å². The van der Waals surface area contributed by atoms with E-state index in [4.69, 9.17) is 21.3 Å². The van der Waals surface area contributed by atoms with Crippen LogP contribution in [-0.4, -0.2) is 39.7 Å². The molecule has 2 aromatic carbocycles. The summed E-state index contributed by atoms with van der Waals surface area (Å²) < 4.78 is 8.18. The van der Waals surface area contributed by atoms with Gasteiger partial charge in [-0.3, -0.25) is 4.90 Å². The number of hydrogen-bond acceptors (Lipinski definition) is 3. The summed E-state index contributed by atoms with van der Waals surface area (Å²) in [5, 5.41) is 0.724. The zero-order valence-corrected chi connectivity index (χ0v) is 16.0. The summed E-state index contributed by atoms with van der Waals surface area (Å²) in [6.07, 6.45) is 0.500. The van der Waals surface area contributed by atoms with Gasteiger partial charge in [-0.05, 0) is 37.6 Å². The number of ether oxygens (including phenoxy) is 1. The topological polar surface area (TPSA) is 30.3 Å². The average molecular weight is 370 g/mol. The summed E-state index contributed by atoms with van der Waals surface area (Å²) in [6, 6.07) is 16.5. The fourth-order valence-electron chi connectivity index (χ4n) is 3.83. The number of fused-ring (bicyclic) bond motifs is 1. The fraction of sp³-hybridized carbons (Fsp3) is 0.381. The molecule has 1 aromatic heterocycles. The van der Waals surface area contributed by atoms with E-state index in [-0.39, 0.29) is 12.2 Å². The van der Waals surface area contributed by atoms with E-state index in [1.807, 2.05) is 18.2 Å². The molecule has 5 heteroatoms. The van der Waals surface area contributed by atoms with E-state index in [0.29, 0.717) is 0 Å². The fourth-order valence-corrected chi connectivity index (χ4v) is 4.00. The summed E-state index contributed by atoms with van der Waals surface area (Å²) in [7, 11) is 0. The Hall–Kier alpha value is -1.88. The Morgan fingerprint density at radius 3 is 2.50 bits per heavy atom. The first-order valence-corrected chi connectivity index (χ1v) is 9.52. The van der Waals surface area contributed by atoms with Gasteiger partial charge in [0.25, 0.3) is 0 Å². The van der Waals surface area contributed by atoms with Crippen molar-refractivity contribution in [1.82, 2.24) is 14.5 Å². The lowest BCUT2D eigenvalue weighted by molar-refractivity contribution is -0.0712. The molecule has 0 unspecified atom stereocenters. The van der Waals surface area contributed by atoms with Crippen LogP contribution in [0.4, 0.5) is 0 Å². The van der Waals surface area contributed by atoms with Gasteiger partial charge in [0.2, 0.25) is 0 Å². The van der Waals surface area contributed by atoms with Gasteiger partial charge in [-0.25, -0.2) is 4.98 Å². The molecule has 1 fully saturated rings.